The van der Waals surface area contributed by atoms with Gasteiger partial charge in [0.2, 0.25) is 0 Å². The fourth-order valence-electron chi connectivity index (χ4n) is 1.73. The van der Waals surface area contributed by atoms with Gasteiger partial charge in [-0.3, -0.25) is 4.90 Å². The van der Waals surface area contributed by atoms with E-state index >= 15 is 0 Å². The topological polar surface area (TPSA) is 3.24 Å². The third-order valence-electron chi connectivity index (χ3n) is 2.59. The fraction of sp³-hybridized carbons (Fsp3) is 0.400. The maximum Gasteiger partial charge on any atom is 0.0323 e. The number of hydrogen-bond donors (Lipinski definition) is 0. The Morgan fingerprint density at radius 3 is 2.67 bits per heavy atom. The summed E-state index contributed by atoms with van der Waals surface area (Å²) in [5.41, 5.74) is 2.98. The third-order valence-corrected chi connectivity index (χ3v) is 2.59. The van der Waals surface area contributed by atoms with Gasteiger partial charge in [0, 0.05) is 21.0 Å². The lowest BCUT2D eigenvalue weighted by Gasteiger charge is -2.13. The highest BCUT2D eigenvalue weighted by Gasteiger charge is 2.21. The summed E-state index contributed by atoms with van der Waals surface area (Å²) in [5.74, 6) is 0. The molecule has 1 nitrogen and oxygen atoms in total. The van der Waals surface area contributed by atoms with Crippen LogP contribution < -0.4 is 0 Å². The number of hydrogen-bond acceptors (Lipinski definition) is 1. The van der Waals surface area contributed by atoms with Gasteiger partial charge in [-0.15, -0.1) is 0 Å². The van der Waals surface area contributed by atoms with Crippen LogP contribution in [0.5, 0.6) is 0 Å². The summed E-state index contributed by atoms with van der Waals surface area (Å²) in [5, 5.41) is 0. The molecule has 1 heterocycles. The van der Waals surface area contributed by atoms with E-state index in [0.29, 0.717) is 6.04 Å². The van der Waals surface area contributed by atoms with E-state index in [1.54, 1.807) is 0 Å². The number of nitrogens with zero attached hydrogens (tertiary/aromatic N) is 1. The monoisotopic (exact) mass is 158 g/mol. The Morgan fingerprint density at radius 1 is 1.33 bits per heavy atom. The lowest BCUT2D eigenvalue weighted by atomic mass is 10.1. The molecule has 0 amide bonds. The highest BCUT2D eigenvalue weighted by Crippen LogP contribution is 2.30. The molecule has 1 aliphatic rings. The zero-order chi connectivity index (χ0) is 7.84. The molecule has 0 aromatic heterocycles. The first kappa shape index (κ1) is 9.33. The molecule has 2 heteroatoms. The van der Waals surface area contributed by atoms with Crippen molar-refractivity contribution in [2.45, 2.75) is 19.5 Å². The zero-order valence-corrected chi connectivity index (χ0v) is 7.62. The van der Waals surface area contributed by atoms with Gasteiger partial charge in [-0.1, -0.05) is 24.3 Å². The molecule has 1 atom stereocenters. The van der Waals surface area contributed by atoms with Crippen molar-refractivity contribution in [3.63, 3.8) is 0 Å². The van der Waals surface area contributed by atoms with Gasteiger partial charge in [0.1, 0.15) is 0 Å². The first-order valence-corrected chi connectivity index (χ1v) is 4.07. The van der Waals surface area contributed by atoms with Crippen molar-refractivity contribution in [1.82, 2.24) is 4.90 Å². The van der Waals surface area contributed by atoms with Crippen LogP contribution in [-0.4, -0.2) is 20.4 Å². The van der Waals surface area contributed by atoms with Gasteiger partial charge < -0.3 is 0 Å². The normalized spacial score (nSPS) is 21.7. The van der Waals surface area contributed by atoms with E-state index in [0.717, 1.165) is 6.54 Å². The van der Waals surface area contributed by atoms with E-state index in [-0.39, 0.29) is 8.41 Å². The lowest BCUT2D eigenvalue weighted by Crippen LogP contribution is -2.12. The van der Waals surface area contributed by atoms with E-state index in [9.17, 15) is 0 Å². The standard InChI is InChI=1S/C10H13N.B/c1-8-10-6-4-3-5-9(10)7-11(8)2;/h3-6,8H,7H2,1-2H3;/t8-;/m0./s1. The zero-order valence-electron chi connectivity index (χ0n) is 7.62. The van der Waals surface area contributed by atoms with Gasteiger partial charge in [0.05, 0.1) is 0 Å². The molecule has 0 bridgehead atoms. The van der Waals surface area contributed by atoms with Crippen LogP contribution >= 0.6 is 0 Å². The van der Waals surface area contributed by atoms with Crippen LogP contribution in [0.15, 0.2) is 24.3 Å². The Labute approximate surface area is 76.0 Å². The molecular formula is C10H13BN. The maximum absolute atomic E-state index is 2.37. The van der Waals surface area contributed by atoms with E-state index < -0.39 is 0 Å². The summed E-state index contributed by atoms with van der Waals surface area (Å²) in [6, 6.07) is 9.28. The van der Waals surface area contributed by atoms with Crippen molar-refractivity contribution in [3.05, 3.63) is 35.4 Å². The van der Waals surface area contributed by atoms with Crippen LogP contribution in [0.3, 0.4) is 0 Å². The van der Waals surface area contributed by atoms with Crippen molar-refractivity contribution < 1.29 is 0 Å². The van der Waals surface area contributed by atoms with Crippen LogP contribution in [0.4, 0.5) is 0 Å². The van der Waals surface area contributed by atoms with Gasteiger partial charge in [-0.2, -0.15) is 0 Å². The smallest absolute Gasteiger partial charge is 0.0323 e. The van der Waals surface area contributed by atoms with E-state index in [4.69, 9.17) is 0 Å². The fourth-order valence-corrected chi connectivity index (χ4v) is 1.73. The average Bonchev–Trinajstić information content (AvgIpc) is 2.30. The van der Waals surface area contributed by atoms with Crippen LogP contribution in [0.25, 0.3) is 0 Å². The molecule has 0 aliphatic carbocycles. The van der Waals surface area contributed by atoms with Gasteiger partial charge in [0.15, 0.2) is 0 Å². The minimum absolute atomic E-state index is 0. The number of benzene rings is 1. The van der Waals surface area contributed by atoms with Gasteiger partial charge in [-0.25, -0.2) is 0 Å². The largest absolute Gasteiger partial charge is 0.295 e. The summed E-state index contributed by atoms with van der Waals surface area (Å²) in [7, 11) is 2.17. The molecule has 1 aromatic rings. The predicted octanol–water partition coefficient (Wildman–Crippen LogP) is 1.81. The predicted molar refractivity (Wildman–Crippen MR) is 52.1 cm³/mol. The molecule has 0 N–H and O–H groups in total. The van der Waals surface area contributed by atoms with Crippen molar-refractivity contribution in [2.75, 3.05) is 7.05 Å². The Bertz CT molecular complexity index is 272. The van der Waals surface area contributed by atoms with Gasteiger partial charge in [0.25, 0.3) is 0 Å². The Morgan fingerprint density at radius 2 is 2.00 bits per heavy atom. The highest BCUT2D eigenvalue weighted by molar-refractivity contribution is 5.75. The highest BCUT2D eigenvalue weighted by atomic mass is 15.1. The van der Waals surface area contributed by atoms with E-state index in [2.05, 4.69) is 43.1 Å². The second kappa shape index (κ2) is 3.32. The van der Waals surface area contributed by atoms with E-state index in [1.807, 2.05) is 0 Å². The summed E-state index contributed by atoms with van der Waals surface area (Å²) in [4.78, 5) is 2.37. The van der Waals surface area contributed by atoms with Gasteiger partial charge in [-0.05, 0) is 25.1 Å². The van der Waals surface area contributed by atoms with Crippen molar-refractivity contribution in [2.24, 2.45) is 0 Å². The molecule has 3 radical (unpaired) electrons. The maximum atomic E-state index is 2.37. The molecule has 2 rings (SSSR count). The van der Waals surface area contributed by atoms with Crippen LogP contribution in [0.1, 0.15) is 24.1 Å². The second-order valence-electron chi connectivity index (χ2n) is 3.29. The molecule has 12 heavy (non-hydrogen) atoms. The van der Waals surface area contributed by atoms with Crippen molar-refractivity contribution in [3.8, 4) is 0 Å². The molecule has 0 spiro atoms. The Kier molecular flexibility index (Phi) is 2.58. The average molecular weight is 158 g/mol. The van der Waals surface area contributed by atoms with Gasteiger partial charge >= 0.3 is 0 Å². The minimum Gasteiger partial charge on any atom is -0.295 e. The third kappa shape index (κ3) is 1.27. The first-order valence-electron chi connectivity index (χ1n) is 4.07. The first-order chi connectivity index (χ1) is 5.29. The minimum atomic E-state index is 0. The summed E-state index contributed by atoms with van der Waals surface area (Å²) in [6.45, 7) is 3.36. The number of fused-ring (bicyclic) bond motifs is 1. The Balaban J connectivity index is 0.000000720. The van der Waals surface area contributed by atoms with Crippen LogP contribution in [-0.2, 0) is 6.54 Å². The van der Waals surface area contributed by atoms with Crippen LogP contribution in [0.2, 0.25) is 0 Å². The molecule has 0 saturated carbocycles. The Hall–Kier alpha value is -0.755. The second-order valence-corrected chi connectivity index (χ2v) is 3.29. The summed E-state index contributed by atoms with van der Waals surface area (Å²) >= 11 is 0. The molecule has 0 saturated heterocycles. The quantitative estimate of drug-likeness (QED) is 0.520. The van der Waals surface area contributed by atoms with Crippen molar-refractivity contribution >= 4 is 8.41 Å². The molecule has 0 unspecified atom stereocenters. The van der Waals surface area contributed by atoms with Crippen LogP contribution in [0, 0.1) is 0 Å². The SMILES string of the molecule is C[C@H]1c2ccccc2CN1C.[B]. The summed E-state index contributed by atoms with van der Waals surface area (Å²) in [6.07, 6.45) is 0. The summed E-state index contributed by atoms with van der Waals surface area (Å²) < 4.78 is 0. The molecule has 0 fully saturated rings. The molecule has 61 valence electrons. The van der Waals surface area contributed by atoms with Crippen molar-refractivity contribution in [1.29, 1.82) is 0 Å². The molecule has 1 aliphatic heterocycles. The lowest BCUT2D eigenvalue weighted by molar-refractivity contribution is 0.286. The van der Waals surface area contributed by atoms with E-state index in [1.165, 1.54) is 11.1 Å². The molecule has 1 aromatic carbocycles. The molecular weight excluding hydrogens is 145 g/mol. The number of rotatable bonds is 0.